The number of hydrogen-bond donors (Lipinski definition) is 3. The van der Waals surface area contributed by atoms with E-state index in [0.29, 0.717) is 5.69 Å². The standard InChI is InChI=1S/C16H25N3O3/c1-5-19(6-2)13-9-7-12(8-10-13)17-14(21)15(22)18-16(3,4)11-20/h7-10,20H,5-6,11H2,1-4H3,(H,17,21)(H,18,22). The van der Waals surface area contributed by atoms with Crippen molar-refractivity contribution in [2.75, 3.05) is 29.9 Å². The van der Waals surface area contributed by atoms with Crippen molar-refractivity contribution >= 4 is 23.2 Å². The van der Waals surface area contributed by atoms with Gasteiger partial charge in [-0.25, -0.2) is 0 Å². The van der Waals surface area contributed by atoms with Crippen molar-refractivity contribution < 1.29 is 14.7 Å². The fraction of sp³-hybridized carbons (Fsp3) is 0.500. The van der Waals surface area contributed by atoms with Gasteiger partial charge < -0.3 is 20.6 Å². The molecule has 0 spiro atoms. The van der Waals surface area contributed by atoms with Gasteiger partial charge in [0.2, 0.25) is 0 Å². The first-order valence-electron chi connectivity index (χ1n) is 7.42. The lowest BCUT2D eigenvalue weighted by molar-refractivity contribution is -0.137. The predicted octanol–water partition coefficient (Wildman–Crippen LogP) is 1.36. The normalized spacial score (nSPS) is 11.0. The summed E-state index contributed by atoms with van der Waals surface area (Å²) >= 11 is 0. The summed E-state index contributed by atoms with van der Waals surface area (Å²) in [5.74, 6) is -1.52. The number of benzene rings is 1. The van der Waals surface area contributed by atoms with Gasteiger partial charge in [-0.15, -0.1) is 0 Å². The van der Waals surface area contributed by atoms with Crippen LogP contribution in [0, 0.1) is 0 Å². The van der Waals surface area contributed by atoms with Crippen molar-refractivity contribution in [3.05, 3.63) is 24.3 Å². The van der Waals surface area contributed by atoms with Crippen molar-refractivity contribution in [2.24, 2.45) is 0 Å². The Bertz CT molecular complexity index is 508. The number of anilines is 2. The van der Waals surface area contributed by atoms with Crippen LogP contribution < -0.4 is 15.5 Å². The van der Waals surface area contributed by atoms with Crippen molar-refractivity contribution in [2.45, 2.75) is 33.2 Å². The largest absolute Gasteiger partial charge is 0.394 e. The highest BCUT2D eigenvalue weighted by Crippen LogP contribution is 2.17. The molecule has 1 aromatic rings. The second-order valence-corrected chi connectivity index (χ2v) is 5.67. The highest BCUT2D eigenvalue weighted by Gasteiger charge is 2.23. The molecule has 2 amide bonds. The molecule has 0 heterocycles. The first kappa shape index (κ1) is 18.0. The Balaban J connectivity index is 2.67. The minimum atomic E-state index is -0.832. The van der Waals surface area contributed by atoms with Crippen LogP contribution in [0.3, 0.4) is 0 Å². The molecule has 1 aromatic carbocycles. The second kappa shape index (κ2) is 7.79. The third kappa shape index (κ3) is 5.04. The van der Waals surface area contributed by atoms with Crippen molar-refractivity contribution in [3.63, 3.8) is 0 Å². The number of aliphatic hydroxyl groups is 1. The van der Waals surface area contributed by atoms with Crippen molar-refractivity contribution in [1.29, 1.82) is 0 Å². The molecular weight excluding hydrogens is 282 g/mol. The lowest BCUT2D eigenvalue weighted by Crippen LogP contribution is -2.50. The minimum Gasteiger partial charge on any atom is -0.394 e. The SMILES string of the molecule is CCN(CC)c1ccc(NC(=O)C(=O)NC(C)(C)CO)cc1. The van der Waals surface area contributed by atoms with Crippen LogP contribution in [0.4, 0.5) is 11.4 Å². The summed E-state index contributed by atoms with van der Waals surface area (Å²) in [6, 6.07) is 7.32. The summed E-state index contributed by atoms with van der Waals surface area (Å²) in [5.41, 5.74) is 0.785. The second-order valence-electron chi connectivity index (χ2n) is 5.67. The molecule has 122 valence electrons. The van der Waals surface area contributed by atoms with Gasteiger partial charge in [-0.3, -0.25) is 9.59 Å². The molecule has 0 aromatic heterocycles. The smallest absolute Gasteiger partial charge is 0.313 e. The number of hydrogen-bond acceptors (Lipinski definition) is 4. The summed E-state index contributed by atoms with van der Waals surface area (Å²) in [6.45, 7) is 8.99. The van der Waals surface area contributed by atoms with Gasteiger partial charge in [-0.05, 0) is 52.0 Å². The van der Waals surface area contributed by atoms with E-state index in [1.165, 1.54) is 0 Å². The Morgan fingerprint density at radius 2 is 1.64 bits per heavy atom. The molecule has 22 heavy (non-hydrogen) atoms. The van der Waals surface area contributed by atoms with Gasteiger partial charge in [0.1, 0.15) is 0 Å². The Morgan fingerprint density at radius 3 is 2.09 bits per heavy atom. The highest BCUT2D eigenvalue weighted by molar-refractivity contribution is 6.39. The van der Waals surface area contributed by atoms with Crippen LogP contribution in [-0.2, 0) is 9.59 Å². The van der Waals surface area contributed by atoms with E-state index in [1.54, 1.807) is 26.0 Å². The van der Waals surface area contributed by atoms with Gasteiger partial charge in [0, 0.05) is 24.5 Å². The zero-order chi connectivity index (χ0) is 16.8. The molecule has 3 N–H and O–H groups in total. The van der Waals surface area contributed by atoms with E-state index in [1.807, 2.05) is 12.1 Å². The maximum absolute atomic E-state index is 11.8. The highest BCUT2D eigenvalue weighted by atomic mass is 16.3. The number of amides is 2. The molecule has 0 radical (unpaired) electrons. The fourth-order valence-electron chi connectivity index (χ4n) is 1.94. The van der Waals surface area contributed by atoms with Crippen LogP contribution in [-0.4, -0.2) is 42.2 Å². The minimum absolute atomic E-state index is 0.245. The van der Waals surface area contributed by atoms with E-state index in [9.17, 15) is 9.59 Å². The molecule has 0 bridgehead atoms. The predicted molar refractivity (Wildman–Crippen MR) is 87.9 cm³/mol. The van der Waals surface area contributed by atoms with Crippen LogP contribution in [0.2, 0.25) is 0 Å². The average molecular weight is 307 g/mol. The van der Waals surface area contributed by atoms with Gasteiger partial charge >= 0.3 is 11.8 Å². The van der Waals surface area contributed by atoms with E-state index >= 15 is 0 Å². The van der Waals surface area contributed by atoms with E-state index in [-0.39, 0.29) is 6.61 Å². The first-order chi connectivity index (χ1) is 10.3. The van der Waals surface area contributed by atoms with E-state index < -0.39 is 17.4 Å². The summed E-state index contributed by atoms with van der Waals surface area (Å²) in [7, 11) is 0. The molecule has 0 unspecified atom stereocenters. The van der Waals surface area contributed by atoms with Crippen LogP contribution in [0.15, 0.2) is 24.3 Å². The maximum Gasteiger partial charge on any atom is 0.313 e. The Labute approximate surface area is 131 Å². The van der Waals surface area contributed by atoms with Crippen LogP contribution >= 0.6 is 0 Å². The summed E-state index contributed by atoms with van der Waals surface area (Å²) in [5, 5.41) is 14.1. The number of nitrogens with one attached hydrogen (secondary N) is 2. The third-order valence-corrected chi connectivity index (χ3v) is 3.31. The summed E-state index contributed by atoms with van der Waals surface area (Å²) in [6.07, 6.45) is 0. The Morgan fingerprint density at radius 1 is 1.09 bits per heavy atom. The average Bonchev–Trinajstić information content (AvgIpc) is 2.49. The number of carbonyl (C=O) groups excluding carboxylic acids is 2. The van der Waals surface area contributed by atoms with E-state index in [4.69, 9.17) is 5.11 Å². The Kier molecular flexibility index (Phi) is 6.37. The van der Waals surface area contributed by atoms with Crippen molar-refractivity contribution in [1.82, 2.24) is 5.32 Å². The summed E-state index contributed by atoms with van der Waals surface area (Å²) < 4.78 is 0. The zero-order valence-electron chi connectivity index (χ0n) is 13.6. The van der Waals surface area contributed by atoms with Gasteiger partial charge in [-0.1, -0.05) is 0 Å². The number of aliphatic hydroxyl groups excluding tert-OH is 1. The fourth-order valence-corrected chi connectivity index (χ4v) is 1.94. The molecule has 6 nitrogen and oxygen atoms in total. The van der Waals surface area contributed by atoms with Gasteiger partial charge in [0.15, 0.2) is 0 Å². The number of rotatable bonds is 6. The maximum atomic E-state index is 11.8. The van der Waals surface area contributed by atoms with Gasteiger partial charge in [-0.2, -0.15) is 0 Å². The first-order valence-corrected chi connectivity index (χ1v) is 7.42. The molecule has 0 aliphatic heterocycles. The van der Waals surface area contributed by atoms with E-state index in [2.05, 4.69) is 29.4 Å². The van der Waals surface area contributed by atoms with Crippen LogP contribution in [0.5, 0.6) is 0 Å². The molecule has 0 fully saturated rings. The molecule has 0 atom stereocenters. The molecule has 0 saturated heterocycles. The lowest BCUT2D eigenvalue weighted by atomic mass is 10.1. The topological polar surface area (TPSA) is 81.7 Å². The molecule has 0 saturated carbocycles. The monoisotopic (exact) mass is 307 g/mol. The Hall–Kier alpha value is -2.08. The van der Waals surface area contributed by atoms with Crippen LogP contribution in [0.1, 0.15) is 27.7 Å². The van der Waals surface area contributed by atoms with Gasteiger partial charge in [0.25, 0.3) is 0 Å². The molecular formula is C16H25N3O3. The summed E-state index contributed by atoms with van der Waals surface area (Å²) in [4.78, 5) is 25.8. The quantitative estimate of drug-likeness (QED) is 0.693. The molecule has 1 rings (SSSR count). The zero-order valence-corrected chi connectivity index (χ0v) is 13.6. The van der Waals surface area contributed by atoms with Crippen molar-refractivity contribution in [3.8, 4) is 0 Å². The molecule has 0 aliphatic rings. The molecule has 0 aliphatic carbocycles. The molecule has 6 heteroatoms. The number of carbonyl (C=O) groups is 2. The van der Waals surface area contributed by atoms with Gasteiger partial charge in [0.05, 0.1) is 12.1 Å². The number of nitrogens with zero attached hydrogens (tertiary/aromatic N) is 1. The lowest BCUT2D eigenvalue weighted by Gasteiger charge is -2.23. The van der Waals surface area contributed by atoms with E-state index in [0.717, 1.165) is 18.8 Å². The van der Waals surface area contributed by atoms with Crippen LogP contribution in [0.25, 0.3) is 0 Å². The third-order valence-electron chi connectivity index (χ3n) is 3.31.